The van der Waals surface area contributed by atoms with Gasteiger partial charge in [-0.15, -0.1) is 11.6 Å². The first-order valence-corrected chi connectivity index (χ1v) is 15.7. The molecule has 1 aromatic heterocycles. The average Bonchev–Trinajstić information content (AvgIpc) is 2.92. The minimum atomic E-state index is -0.453. The van der Waals surface area contributed by atoms with Gasteiger partial charge in [-0.05, 0) is 63.5 Å². The lowest BCUT2D eigenvalue weighted by atomic mass is 9.55. The second-order valence-corrected chi connectivity index (χ2v) is 15.7. The van der Waals surface area contributed by atoms with Crippen LogP contribution in [0, 0.1) is 22.7 Å². The molecule has 1 aliphatic heterocycles. The number of hydrogen-bond donors (Lipinski definition) is 0. The van der Waals surface area contributed by atoms with E-state index in [1.807, 2.05) is 0 Å². The van der Waals surface area contributed by atoms with Crippen molar-refractivity contribution in [1.82, 2.24) is 14.9 Å². The van der Waals surface area contributed by atoms with Crippen molar-refractivity contribution in [2.24, 2.45) is 22.7 Å². The van der Waals surface area contributed by atoms with Crippen LogP contribution in [0.25, 0.3) is 6.08 Å². The number of fused-ring (bicyclic) bond motifs is 1. The van der Waals surface area contributed by atoms with E-state index >= 15 is 0 Å². The maximum Gasteiger partial charge on any atom is 0.139 e. The molecule has 0 spiro atoms. The van der Waals surface area contributed by atoms with E-state index < -0.39 is 4.87 Å². The lowest BCUT2D eigenvalue weighted by Gasteiger charge is -2.51. The van der Waals surface area contributed by atoms with Crippen LogP contribution in [-0.4, -0.2) is 53.0 Å². The molecule has 3 unspecified atom stereocenters. The lowest BCUT2D eigenvalue weighted by molar-refractivity contribution is 0.0557. The number of alkyl halides is 1. The molecule has 0 saturated carbocycles. The summed E-state index contributed by atoms with van der Waals surface area (Å²) in [6, 6.07) is 0. The fourth-order valence-corrected chi connectivity index (χ4v) is 6.69. The van der Waals surface area contributed by atoms with Crippen LogP contribution in [0.4, 0.5) is 5.82 Å². The number of nitrogens with zero attached hydrogens (tertiary/aromatic N) is 4. The van der Waals surface area contributed by atoms with Crippen molar-refractivity contribution in [2.75, 3.05) is 38.1 Å². The van der Waals surface area contributed by atoms with Crippen LogP contribution >= 0.6 is 11.6 Å². The molecule has 0 bridgehead atoms. The summed E-state index contributed by atoms with van der Waals surface area (Å²) in [7, 11) is 2.16. The molecule has 3 rings (SSSR count). The Morgan fingerprint density at radius 1 is 1.13 bits per heavy atom. The van der Waals surface area contributed by atoms with Gasteiger partial charge in [-0.2, -0.15) is 0 Å². The van der Waals surface area contributed by atoms with E-state index in [0.717, 1.165) is 48.3 Å². The van der Waals surface area contributed by atoms with Crippen molar-refractivity contribution in [2.45, 2.75) is 112 Å². The molecule has 2 heterocycles. The van der Waals surface area contributed by atoms with Gasteiger partial charge in [0.2, 0.25) is 0 Å². The highest BCUT2D eigenvalue weighted by Crippen LogP contribution is 2.56. The van der Waals surface area contributed by atoms with E-state index in [9.17, 15) is 0 Å². The van der Waals surface area contributed by atoms with Crippen LogP contribution in [0.15, 0.2) is 18.2 Å². The first kappa shape index (κ1) is 32.1. The normalized spacial score (nSPS) is 24.8. The standard InChI is InChI=1S/C34H57ClN4/c1-14-33(11,22-39-19-16-24(4)17-20-39)34(12)18-15-27-28(31(7,8)26(34)6)36-29(25(5)32(9,10)35)37-30(27)38(13)21-23(2)3/h15,18,23-25H,6,14,16-17,19-22H2,1-5,7-13H3. The van der Waals surface area contributed by atoms with Crippen LogP contribution in [0.1, 0.15) is 118 Å². The van der Waals surface area contributed by atoms with Gasteiger partial charge in [-0.3, -0.25) is 0 Å². The second-order valence-electron chi connectivity index (χ2n) is 14.7. The number of hydrogen-bond acceptors (Lipinski definition) is 4. The Balaban J connectivity index is 2.19. The minimum absolute atomic E-state index is 0.000694. The molecule has 1 fully saturated rings. The third kappa shape index (κ3) is 6.27. The zero-order chi connectivity index (χ0) is 29.6. The maximum atomic E-state index is 6.85. The zero-order valence-electron chi connectivity index (χ0n) is 27.2. The Morgan fingerprint density at radius 3 is 2.23 bits per heavy atom. The van der Waals surface area contributed by atoms with Crippen molar-refractivity contribution in [3.63, 3.8) is 0 Å². The molecule has 39 heavy (non-hydrogen) atoms. The number of halogens is 1. The number of allylic oxidation sites excluding steroid dienone is 2. The van der Waals surface area contributed by atoms with E-state index in [0.29, 0.717) is 5.92 Å². The molecule has 2 aliphatic rings. The van der Waals surface area contributed by atoms with Gasteiger partial charge in [0.1, 0.15) is 11.6 Å². The first-order chi connectivity index (χ1) is 17.9. The zero-order valence-corrected chi connectivity index (χ0v) is 28.0. The van der Waals surface area contributed by atoms with Crippen LogP contribution in [0.3, 0.4) is 0 Å². The van der Waals surface area contributed by atoms with Crippen molar-refractivity contribution in [3.05, 3.63) is 35.3 Å². The van der Waals surface area contributed by atoms with E-state index in [1.165, 1.54) is 31.5 Å². The average molecular weight is 557 g/mol. The predicted octanol–water partition coefficient (Wildman–Crippen LogP) is 8.70. The summed E-state index contributed by atoms with van der Waals surface area (Å²) >= 11 is 6.85. The Kier molecular flexibility index (Phi) is 9.45. The topological polar surface area (TPSA) is 32.3 Å². The molecule has 0 amide bonds. The van der Waals surface area contributed by atoms with Crippen LogP contribution in [0.5, 0.6) is 0 Å². The Hall–Kier alpha value is -1.39. The summed E-state index contributed by atoms with van der Waals surface area (Å²) in [6.45, 7) is 34.3. The number of piperidine rings is 1. The van der Waals surface area contributed by atoms with Crippen LogP contribution < -0.4 is 4.90 Å². The molecular weight excluding hydrogens is 500 g/mol. The van der Waals surface area contributed by atoms with Crippen LogP contribution in [0.2, 0.25) is 0 Å². The molecule has 0 aromatic carbocycles. The third-order valence-corrected chi connectivity index (χ3v) is 10.7. The molecule has 1 aromatic rings. The Morgan fingerprint density at radius 2 is 1.72 bits per heavy atom. The Bertz CT molecular complexity index is 1060. The third-order valence-electron chi connectivity index (χ3n) is 10.4. The van der Waals surface area contributed by atoms with E-state index in [-0.39, 0.29) is 22.2 Å². The molecule has 1 aliphatic carbocycles. The predicted molar refractivity (Wildman–Crippen MR) is 171 cm³/mol. The van der Waals surface area contributed by atoms with Crippen molar-refractivity contribution >= 4 is 23.5 Å². The quantitative estimate of drug-likeness (QED) is 0.225. The maximum absolute atomic E-state index is 6.85. The molecule has 5 heteroatoms. The van der Waals surface area contributed by atoms with Gasteiger partial charge in [0, 0.05) is 47.3 Å². The highest BCUT2D eigenvalue weighted by atomic mass is 35.5. The number of aromatic nitrogens is 2. The summed E-state index contributed by atoms with van der Waals surface area (Å²) in [6.07, 6.45) is 8.45. The number of anilines is 1. The van der Waals surface area contributed by atoms with Crippen molar-refractivity contribution in [3.8, 4) is 0 Å². The SMILES string of the molecule is C=C1C(C)(C)c2nc(C(C)C(C)(C)Cl)nc(N(C)CC(C)C)c2C=CC1(C)C(C)(CC)CN1CCC(C)CC1. The van der Waals surface area contributed by atoms with E-state index in [2.05, 4.69) is 105 Å². The summed E-state index contributed by atoms with van der Waals surface area (Å²) in [4.78, 5) is 15.1. The largest absolute Gasteiger partial charge is 0.359 e. The highest BCUT2D eigenvalue weighted by molar-refractivity contribution is 6.23. The van der Waals surface area contributed by atoms with Gasteiger partial charge in [-0.1, -0.05) is 86.6 Å². The minimum Gasteiger partial charge on any atom is -0.359 e. The first-order valence-electron chi connectivity index (χ1n) is 15.3. The van der Waals surface area contributed by atoms with Crippen LogP contribution in [-0.2, 0) is 5.41 Å². The van der Waals surface area contributed by atoms with Gasteiger partial charge in [0.25, 0.3) is 0 Å². The molecule has 0 radical (unpaired) electrons. The molecule has 3 atom stereocenters. The molecule has 220 valence electrons. The number of rotatable bonds is 9. The van der Waals surface area contributed by atoms with Gasteiger partial charge < -0.3 is 9.80 Å². The number of likely N-dealkylation sites (tertiary alicyclic amines) is 1. The van der Waals surface area contributed by atoms with E-state index in [1.54, 1.807) is 0 Å². The molecule has 0 N–H and O–H groups in total. The monoisotopic (exact) mass is 556 g/mol. The Labute approximate surface area is 245 Å². The van der Waals surface area contributed by atoms with Crippen molar-refractivity contribution in [1.29, 1.82) is 0 Å². The fourth-order valence-electron chi connectivity index (χ4n) is 6.60. The summed E-state index contributed by atoms with van der Waals surface area (Å²) in [5, 5.41) is 0. The smallest absolute Gasteiger partial charge is 0.139 e. The fraction of sp³-hybridized carbons (Fsp3) is 0.765. The second kappa shape index (κ2) is 11.5. The van der Waals surface area contributed by atoms with Gasteiger partial charge >= 0.3 is 0 Å². The van der Waals surface area contributed by atoms with E-state index in [4.69, 9.17) is 28.1 Å². The molecule has 1 saturated heterocycles. The van der Waals surface area contributed by atoms with Gasteiger partial charge in [-0.25, -0.2) is 9.97 Å². The van der Waals surface area contributed by atoms with Gasteiger partial charge in [0.15, 0.2) is 0 Å². The van der Waals surface area contributed by atoms with Crippen molar-refractivity contribution < 1.29 is 0 Å². The molecule has 4 nitrogen and oxygen atoms in total. The molecular formula is C34H57ClN4. The highest BCUT2D eigenvalue weighted by Gasteiger charge is 2.51. The lowest BCUT2D eigenvalue weighted by Crippen LogP contribution is -2.50. The summed E-state index contributed by atoms with van der Waals surface area (Å²) in [5.74, 6) is 3.17. The summed E-state index contributed by atoms with van der Waals surface area (Å²) in [5.41, 5.74) is 2.91. The summed E-state index contributed by atoms with van der Waals surface area (Å²) < 4.78 is 0. The van der Waals surface area contributed by atoms with Gasteiger partial charge in [0.05, 0.1) is 5.69 Å².